The van der Waals surface area contributed by atoms with Gasteiger partial charge in [0.1, 0.15) is 0 Å². The summed E-state index contributed by atoms with van der Waals surface area (Å²) >= 11 is 0. The van der Waals surface area contributed by atoms with Crippen molar-refractivity contribution in [1.29, 1.82) is 0 Å². The molecule has 13 aromatic rings. The van der Waals surface area contributed by atoms with E-state index in [0.717, 1.165) is 72.2 Å². The van der Waals surface area contributed by atoms with Crippen LogP contribution in [0.15, 0.2) is 231 Å². The fraction of sp³-hybridized carbons (Fsp3) is 0.0312. The third-order valence-electron chi connectivity index (χ3n) is 13.5. The highest BCUT2D eigenvalue weighted by molar-refractivity contribution is 6.13. The van der Waals surface area contributed by atoms with Gasteiger partial charge in [0.15, 0.2) is 17.5 Å². The molecule has 0 saturated carbocycles. The van der Waals surface area contributed by atoms with Crippen molar-refractivity contribution in [2.75, 3.05) is 0 Å². The number of nitrogens with zero attached hydrogens (tertiary/aromatic N) is 6. The number of benzene rings is 9. The number of aromatic nitrogens is 6. The van der Waals surface area contributed by atoms with Gasteiger partial charge in [0, 0.05) is 50.0 Å². The average molecular weight is 897 g/mol. The highest BCUT2D eigenvalue weighted by Crippen LogP contribution is 2.45. The van der Waals surface area contributed by atoms with Crippen LogP contribution < -0.4 is 0 Å². The SMILES string of the molecule is Cc1cccc(-c2ccc3c(c2)c2ccccc2n3-c2cccnc2-c2c(-c3nc(-c4ccccc4)nc(-c4ccccc4)n3)cccc2-n2c3ccccc3c3cc(-c4cccc(C)c4)ccc32)c1. The van der Waals surface area contributed by atoms with Crippen LogP contribution in [0.2, 0.25) is 0 Å². The summed E-state index contributed by atoms with van der Waals surface area (Å²) in [5.41, 5.74) is 17.8. The summed E-state index contributed by atoms with van der Waals surface area (Å²) in [7, 11) is 0. The second kappa shape index (κ2) is 16.8. The van der Waals surface area contributed by atoms with E-state index in [1.165, 1.54) is 44.2 Å². The zero-order valence-corrected chi connectivity index (χ0v) is 38.6. The van der Waals surface area contributed by atoms with Crippen LogP contribution in [0.25, 0.3) is 123 Å². The van der Waals surface area contributed by atoms with E-state index in [2.05, 4.69) is 205 Å². The quantitative estimate of drug-likeness (QED) is 0.152. The fourth-order valence-corrected chi connectivity index (χ4v) is 10.3. The molecule has 0 saturated heterocycles. The molecule has 0 spiro atoms. The molecular weight excluding hydrogens is 853 g/mol. The van der Waals surface area contributed by atoms with Crippen molar-refractivity contribution in [3.8, 4) is 79.0 Å². The van der Waals surface area contributed by atoms with Crippen LogP contribution in [0.1, 0.15) is 11.1 Å². The smallest absolute Gasteiger partial charge is 0.164 e. The minimum atomic E-state index is 0.550. The standard InChI is InChI=1S/C64H44N6/c1-41-17-13-23-45(37-41)47-32-34-56-52(39-47)49-25-9-11-28-54(49)69(56)58-30-15-27-51(64-67-62(43-19-5-3-6-20-43)66-63(68-64)44-21-7-4-8-22-44)60(58)61-59(31-16-36-65-61)70-55-29-12-10-26-50(55)53-40-48(33-35-57(53)70)46-24-14-18-42(2)38-46/h3-40H,1-2H3. The molecule has 13 rings (SSSR count). The van der Waals surface area contributed by atoms with E-state index in [0.29, 0.717) is 17.5 Å². The Labute approximate surface area is 405 Å². The second-order valence-corrected chi connectivity index (χ2v) is 18.0. The molecule has 0 atom stereocenters. The van der Waals surface area contributed by atoms with Gasteiger partial charge >= 0.3 is 0 Å². The van der Waals surface area contributed by atoms with Crippen molar-refractivity contribution >= 4 is 43.6 Å². The Morgan fingerprint density at radius 1 is 0.314 bits per heavy atom. The molecule has 70 heavy (non-hydrogen) atoms. The summed E-state index contributed by atoms with van der Waals surface area (Å²) in [6, 6.07) is 79.6. The minimum Gasteiger partial charge on any atom is -0.309 e. The molecule has 0 radical (unpaired) electrons. The van der Waals surface area contributed by atoms with Gasteiger partial charge in [-0.25, -0.2) is 15.0 Å². The van der Waals surface area contributed by atoms with E-state index in [-0.39, 0.29) is 0 Å². The molecule has 0 unspecified atom stereocenters. The molecule has 0 aliphatic carbocycles. The van der Waals surface area contributed by atoms with Crippen LogP contribution in [0, 0.1) is 13.8 Å². The summed E-state index contributed by atoms with van der Waals surface area (Å²) in [5.74, 6) is 1.73. The Bertz CT molecular complexity index is 4090. The van der Waals surface area contributed by atoms with Crippen LogP contribution in [0.5, 0.6) is 0 Å². The Kier molecular flexibility index (Phi) is 9.84. The van der Waals surface area contributed by atoms with E-state index in [4.69, 9.17) is 19.9 Å². The molecule has 6 nitrogen and oxygen atoms in total. The van der Waals surface area contributed by atoms with Crippen molar-refractivity contribution in [3.63, 3.8) is 0 Å². The van der Waals surface area contributed by atoms with Gasteiger partial charge in [0.2, 0.25) is 0 Å². The van der Waals surface area contributed by atoms with E-state index < -0.39 is 0 Å². The summed E-state index contributed by atoms with van der Waals surface area (Å²) in [6.07, 6.45) is 1.90. The molecule has 9 aromatic carbocycles. The number of hydrogen-bond donors (Lipinski definition) is 0. The number of pyridine rings is 1. The van der Waals surface area contributed by atoms with Crippen LogP contribution in [-0.4, -0.2) is 29.1 Å². The zero-order valence-electron chi connectivity index (χ0n) is 38.6. The third kappa shape index (κ3) is 6.96. The number of para-hydroxylation sites is 2. The monoisotopic (exact) mass is 896 g/mol. The Morgan fingerprint density at radius 3 is 1.31 bits per heavy atom. The predicted octanol–water partition coefficient (Wildman–Crippen LogP) is 16.1. The largest absolute Gasteiger partial charge is 0.309 e. The lowest BCUT2D eigenvalue weighted by molar-refractivity contribution is 1.07. The topological polar surface area (TPSA) is 61.4 Å². The Balaban J connectivity index is 1.12. The summed E-state index contributed by atoms with van der Waals surface area (Å²) in [6.45, 7) is 4.29. The maximum Gasteiger partial charge on any atom is 0.164 e. The van der Waals surface area contributed by atoms with Crippen LogP contribution >= 0.6 is 0 Å². The lowest BCUT2D eigenvalue weighted by Gasteiger charge is -2.20. The maximum atomic E-state index is 5.43. The first-order valence-corrected chi connectivity index (χ1v) is 23.7. The van der Waals surface area contributed by atoms with Gasteiger partial charge in [-0.05, 0) is 90.7 Å². The van der Waals surface area contributed by atoms with Crippen LogP contribution in [0.4, 0.5) is 0 Å². The van der Waals surface area contributed by atoms with E-state index in [1.54, 1.807) is 0 Å². The first-order valence-electron chi connectivity index (χ1n) is 23.7. The molecule has 0 N–H and O–H groups in total. The number of fused-ring (bicyclic) bond motifs is 6. The molecule has 0 fully saturated rings. The number of aryl methyl sites for hydroxylation is 2. The van der Waals surface area contributed by atoms with E-state index in [1.807, 2.05) is 48.7 Å². The first-order chi connectivity index (χ1) is 34.5. The van der Waals surface area contributed by atoms with E-state index >= 15 is 0 Å². The lowest BCUT2D eigenvalue weighted by Crippen LogP contribution is -2.06. The summed E-state index contributed by atoms with van der Waals surface area (Å²) in [5, 5.41) is 4.66. The van der Waals surface area contributed by atoms with Crippen LogP contribution in [0.3, 0.4) is 0 Å². The molecule has 4 heterocycles. The molecular formula is C64H44N6. The molecule has 6 heteroatoms. The highest BCUT2D eigenvalue weighted by Gasteiger charge is 2.26. The summed E-state index contributed by atoms with van der Waals surface area (Å²) in [4.78, 5) is 21.2. The van der Waals surface area contributed by atoms with E-state index in [9.17, 15) is 0 Å². The van der Waals surface area contributed by atoms with Crippen molar-refractivity contribution in [2.45, 2.75) is 13.8 Å². The average Bonchev–Trinajstić information content (AvgIpc) is 3.93. The Morgan fingerprint density at radius 2 is 0.757 bits per heavy atom. The van der Waals surface area contributed by atoms with Gasteiger partial charge in [0.05, 0.1) is 39.1 Å². The molecule has 0 aliphatic rings. The van der Waals surface area contributed by atoms with Crippen molar-refractivity contribution in [1.82, 2.24) is 29.1 Å². The highest BCUT2D eigenvalue weighted by atomic mass is 15.0. The zero-order chi connectivity index (χ0) is 46.7. The molecule has 330 valence electrons. The second-order valence-electron chi connectivity index (χ2n) is 18.0. The van der Waals surface area contributed by atoms with Gasteiger partial charge in [0.25, 0.3) is 0 Å². The van der Waals surface area contributed by atoms with Gasteiger partial charge in [-0.15, -0.1) is 0 Å². The van der Waals surface area contributed by atoms with Crippen molar-refractivity contribution in [2.24, 2.45) is 0 Å². The molecule has 0 aliphatic heterocycles. The first kappa shape index (κ1) is 41.0. The van der Waals surface area contributed by atoms with Crippen molar-refractivity contribution in [3.05, 3.63) is 242 Å². The van der Waals surface area contributed by atoms with Gasteiger partial charge in [-0.2, -0.15) is 0 Å². The predicted molar refractivity (Wildman–Crippen MR) is 288 cm³/mol. The summed E-state index contributed by atoms with van der Waals surface area (Å²) < 4.78 is 4.78. The van der Waals surface area contributed by atoms with Gasteiger partial charge in [-0.3, -0.25) is 4.98 Å². The minimum absolute atomic E-state index is 0.550. The maximum absolute atomic E-state index is 5.43. The lowest BCUT2D eigenvalue weighted by atomic mass is 9.98. The molecule has 4 aromatic heterocycles. The van der Waals surface area contributed by atoms with Crippen molar-refractivity contribution < 1.29 is 0 Å². The molecule has 0 bridgehead atoms. The fourth-order valence-electron chi connectivity index (χ4n) is 10.3. The number of rotatable bonds is 8. The van der Waals surface area contributed by atoms with Gasteiger partial charge < -0.3 is 9.13 Å². The Hall–Kier alpha value is -9.26. The molecule has 0 amide bonds. The normalized spacial score (nSPS) is 11.6. The van der Waals surface area contributed by atoms with Crippen LogP contribution in [-0.2, 0) is 0 Å². The van der Waals surface area contributed by atoms with Gasteiger partial charge in [-0.1, -0.05) is 181 Å². The third-order valence-corrected chi connectivity index (χ3v) is 13.5. The number of hydrogen-bond acceptors (Lipinski definition) is 4.